The Morgan fingerprint density at radius 2 is 2.15 bits per heavy atom. The van der Waals surface area contributed by atoms with Crippen molar-refractivity contribution in [2.24, 2.45) is 5.92 Å². The van der Waals surface area contributed by atoms with Gasteiger partial charge in [-0.25, -0.2) is 8.42 Å². The number of nitrogens with zero attached hydrogens (tertiary/aromatic N) is 1. The third kappa shape index (κ3) is 3.08. The minimum atomic E-state index is -3.32. The summed E-state index contributed by atoms with van der Waals surface area (Å²) in [7, 11) is -3.32. The van der Waals surface area contributed by atoms with Gasteiger partial charge in [0, 0.05) is 24.0 Å². The Morgan fingerprint density at radius 3 is 2.70 bits per heavy atom. The zero-order valence-electron chi connectivity index (χ0n) is 12.6. The lowest BCUT2D eigenvalue weighted by Gasteiger charge is -2.19. The molecule has 1 aliphatic rings. The molecule has 0 spiro atoms. The molecule has 1 fully saturated rings. The van der Waals surface area contributed by atoms with Gasteiger partial charge in [-0.15, -0.1) is 11.3 Å². The molecule has 2 atom stereocenters. The number of hydrogen-bond donors (Lipinski definition) is 1. The normalized spacial score (nSPS) is 24.4. The number of sulfonamides is 1. The quantitative estimate of drug-likeness (QED) is 0.908. The summed E-state index contributed by atoms with van der Waals surface area (Å²) in [6.07, 6.45) is 0.952. The van der Waals surface area contributed by atoms with E-state index in [4.69, 9.17) is 0 Å². The minimum Gasteiger partial charge on any atom is -0.312 e. The van der Waals surface area contributed by atoms with Gasteiger partial charge >= 0.3 is 0 Å². The van der Waals surface area contributed by atoms with E-state index in [9.17, 15) is 8.42 Å². The molecule has 0 aliphatic carbocycles. The van der Waals surface area contributed by atoms with Gasteiger partial charge in [-0.1, -0.05) is 13.8 Å². The second kappa shape index (κ2) is 6.13. The summed E-state index contributed by atoms with van der Waals surface area (Å²) < 4.78 is 27.6. The van der Waals surface area contributed by atoms with Crippen molar-refractivity contribution in [2.45, 2.75) is 50.9 Å². The van der Waals surface area contributed by atoms with Crippen molar-refractivity contribution in [3.05, 3.63) is 16.5 Å². The van der Waals surface area contributed by atoms with E-state index < -0.39 is 10.0 Å². The van der Waals surface area contributed by atoms with E-state index in [1.165, 1.54) is 11.3 Å². The first-order valence-electron chi connectivity index (χ1n) is 7.18. The van der Waals surface area contributed by atoms with Crippen molar-refractivity contribution < 1.29 is 8.42 Å². The minimum absolute atomic E-state index is 0.106. The average Bonchev–Trinajstić information content (AvgIpc) is 2.90. The Morgan fingerprint density at radius 1 is 1.45 bits per heavy atom. The summed E-state index contributed by atoms with van der Waals surface area (Å²) in [5.41, 5.74) is 1.06. The molecule has 0 saturated carbocycles. The van der Waals surface area contributed by atoms with Crippen molar-refractivity contribution in [3.63, 3.8) is 0 Å². The number of thiophene rings is 1. The molecule has 0 amide bonds. The highest BCUT2D eigenvalue weighted by Crippen LogP contribution is 2.33. The maximum Gasteiger partial charge on any atom is 0.252 e. The highest BCUT2D eigenvalue weighted by molar-refractivity contribution is 7.91. The molecule has 1 aliphatic heterocycles. The van der Waals surface area contributed by atoms with Gasteiger partial charge in [0.25, 0.3) is 10.0 Å². The Balaban J connectivity index is 2.26. The third-order valence-corrected chi connectivity index (χ3v) is 7.49. The van der Waals surface area contributed by atoms with Crippen LogP contribution in [0.2, 0.25) is 0 Å². The second-order valence-corrected chi connectivity index (χ2v) is 8.97. The van der Waals surface area contributed by atoms with Gasteiger partial charge in [0.2, 0.25) is 0 Å². The van der Waals surface area contributed by atoms with Gasteiger partial charge in [-0.05, 0) is 44.4 Å². The van der Waals surface area contributed by atoms with Crippen LogP contribution in [0.3, 0.4) is 0 Å². The van der Waals surface area contributed by atoms with Crippen molar-refractivity contribution in [1.82, 2.24) is 9.62 Å². The molecule has 0 aromatic carbocycles. The Hall–Kier alpha value is -0.430. The molecule has 4 nitrogen and oxygen atoms in total. The van der Waals surface area contributed by atoms with Crippen LogP contribution in [0.5, 0.6) is 0 Å². The van der Waals surface area contributed by atoms with E-state index in [2.05, 4.69) is 12.2 Å². The van der Waals surface area contributed by atoms with Crippen molar-refractivity contribution in [3.8, 4) is 0 Å². The molecule has 1 aromatic rings. The summed E-state index contributed by atoms with van der Waals surface area (Å²) in [6, 6.07) is 1.93. The van der Waals surface area contributed by atoms with Crippen LogP contribution in [0.25, 0.3) is 0 Å². The molecular formula is C14H24N2O2S2. The summed E-state index contributed by atoms with van der Waals surface area (Å²) in [5.74, 6) is 0.446. The molecule has 2 rings (SSSR count). The second-order valence-electron chi connectivity index (χ2n) is 5.72. The van der Waals surface area contributed by atoms with Crippen LogP contribution in [0.15, 0.2) is 10.3 Å². The lowest BCUT2D eigenvalue weighted by Crippen LogP contribution is -2.33. The lowest BCUT2D eigenvalue weighted by atomic mass is 10.1. The average molecular weight is 316 g/mol. The van der Waals surface area contributed by atoms with Gasteiger partial charge in [-0.3, -0.25) is 0 Å². The maximum atomic E-state index is 12.7. The van der Waals surface area contributed by atoms with Gasteiger partial charge in [0.15, 0.2) is 0 Å². The largest absolute Gasteiger partial charge is 0.312 e. The predicted octanol–water partition coefficient (Wildman–Crippen LogP) is 2.59. The number of nitrogens with one attached hydrogen (secondary N) is 1. The molecule has 2 heterocycles. The standard InChI is InChI=1S/C14H24N2O2S2/c1-5-15-8-13-11(3)7-14(19-13)20(17,18)16-9-10(2)6-12(16)4/h7,10,12,15H,5-6,8-9H2,1-4H3. The van der Waals surface area contributed by atoms with Crippen LogP contribution in [-0.2, 0) is 16.6 Å². The Bertz CT molecular complexity index is 566. The number of aryl methyl sites for hydroxylation is 1. The van der Waals surface area contributed by atoms with E-state index >= 15 is 0 Å². The number of hydrogen-bond acceptors (Lipinski definition) is 4. The van der Waals surface area contributed by atoms with Crippen LogP contribution in [0.4, 0.5) is 0 Å². The zero-order valence-corrected chi connectivity index (χ0v) is 14.3. The van der Waals surface area contributed by atoms with Gasteiger partial charge in [0.05, 0.1) is 0 Å². The van der Waals surface area contributed by atoms with E-state index in [1.54, 1.807) is 4.31 Å². The smallest absolute Gasteiger partial charge is 0.252 e. The highest BCUT2D eigenvalue weighted by Gasteiger charge is 2.37. The van der Waals surface area contributed by atoms with Crippen LogP contribution >= 0.6 is 11.3 Å². The van der Waals surface area contributed by atoms with E-state index in [0.29, 0.717) is 16.7 Å². The zero-order chi connectivity index (χ0) is 14.9. The first-order chi connectivity index (χ1) is 9.36. The molecule has 114 valence electrons. The fraction of sp³-hybridized carbons (Fsp3) is 0.714. The van der Waals surface area contributed by atoms with E-state index in [1.807, 2.05) is 26.8 Å². The fourth-order valence-electron chi connectivity index (χ4n) is 2.74. The van der Waals surface area contributed by atoms with Crippen molar-refractivity contribution in [1.29, 1.82) is 0 Å². The molecular weight excluding hydrogens is 292 g/mol. The molecule has 0 bridgehead atoms. The van der Waals surface area contributed by atoms with E-state index in [0.717, 1.165) is 30.0 Å². The molecule has 2 unspecified atom stereocenters. The van der Waals surface area contributed by atoms with Crippen LogP contribution in [-0.4, -0.2) is 31.9 Å². The Kier molecular flexibility index (Phi) is 4.89. The van der Waals surface area contributed by atoms with E-state index in [-0.39, 0.29) is 6.04 Å². The molecule has 1 aromatic heterocycles. The van der Waals surface area contributed by atoms with Gasteiger partial charge in [-0.2, -0.15) is 4.31 Å². The molecule has 6 heteroatoms. The monoisotopic (exact) mass is 316 g/mol. The van der Waals surface area contributed by atoms with Crippen molar-refractivity contribution in [2.75, 3.05) is 13.1 Å². The predicted molar refractivity (Wildman–Crippen MR) is 83.6 cm³/mol. The van der Waals surface area contributed by atoms with Crippen LogP contribution in [0.1, 0.15) is 37.6 Å². The summed E-state index contributed by atoms with van der Waals surface area (Å²) in [4.78, 5) is 1.12. The van der Waals surface area contributed by atoms with Crippen LogP contribution in [0, 0.1) is 12.8 Å². The Labute approximate surface area is 126 Å². The number of rotatable bonds is 5. The summed E-state index contributed by atoms with van der Waals surface area (Å²) >= 11 is 1.40. The van der Waals surface area contributed by atoms with Gasteiger partial charge in [0.1, 0.15) is 4.21 Å². The first kappa shape index (κ1) is 15.9. The summed E-state index contributed by atoms with van der Waals surface area (Å²) in [6.45, 7) is 10.4. The molecule has 1 saturated heterocycles. The molecule has 0 radical (unpaired) electrons. The third-order valence-electron chi connectivity index (χ3n) is 3.82. The maximum absolute atomic E-state index is 12.7. The van der Waals surface area contributed by atoms with Crippen molar-refractivity contribution >= 4 is 21.4 Å². The van der Waals surface area contributed by atoms with Gasteiger partial charge < -0.3 is 5.32 Å². The first-order valence-corrected chi connectivity index (χ1v) is 9.43. The summed E-state index contributed by atoms with van der Waals surface area (Å²) in [5, 5.41) is 3.26. The highest BCUT2D eigenvalue weighted by atomic mass is 32.2. The topological polar surface area (TPSA) is 49.4 Å². The fourth-order valence-corrected chi connectivity index (χ4v) is 6.19. The molecule has 1 N–H and O–H groups in total. The van der Waals surface area contributed by atoms with Crippen LogP contribution < -0.4 is 5.32 Å². The lowest BCUT2D eigenvalue weighted by molar-refractivity contribution is 0.407. The molecule has 20 heavy (non-hydrogen) atoms. The SMILES string of the molecule is CCNCc1sc(S(=O)(=O)N2CC(C)CC2C)cc1C.